The van der Waals surface area contributed by atoms with Crippen molar-refractivity contribution in [1.82, 2.24) is 9.62 Å². The third kappa shape index (κ3) is 4.98. The molecule has 3 rings (SSSR count). The molecule has 0 aromatic heterocycles. The van der Waals surface area contributed by atoms with Gasteiger partial charge in [0.25, 0.3) is 5.91 Å². The highest BCUT2D eigenvalue weighted by Gasteiger charge is 2.26. The van der Waals surface area contributed by atoms with Gasteiger partial charge < -0.3 is 10.1 Å². The minimum absolute atomic E-state index is 0.198. The van der Waals surface area contributed by atoms with Crippen LogP contribution in [0.25, 0.3) is 0 Å². The van der Waals surface area contributed by atoms with E-state index in [0.717, 1.165) is 6.42 Å². The summed E-state index contributed by atoms with van der Waals surface area (Å²) in [5, 5.41) is 2.91. The largest absolute Gasteiger partial charge is 0.379 e. The zero-order valence-corrected chi connectivity index (χ0v) is 16.8. The maximum absolute atomic E-state index is 12.6. The molecular formula is C21H26N2O4S. The molecule has 1 N–H and O–H groups in total. The average molecular weight is 403 g/mol. The van der Waals surface area contributed by atoms with E-state index in [1.807, 2.05) is 18.2 Å². The minimum Gasteiger partial charge on any atom is -0.379 e. The van der Waals surface area contributed by atoms with Crippen molar-refractivity contribution in [3.8, 4) is 0 Å². The summed E-state index contributed by atoms with van der Waals surface area (Å²) in [6.45, 7) is 4.20. The molecule has 0 saturated carbocycles. The predicted octanol–water partition coefficient (Wildman–Crippen LogP) is 2.63. The number of carbonyl (C=O) groups excluding carboxylic acids is 1. The van der Waals surface area contributed by atoms with E-state index in [4.69, 9.17) is 4.74 Å². The number of rotatable bonds is 7. The van der Waals surface area contributed by atoms with E-state index in [0.29, 0.717) is 44.3 Å². The van der Waals surface area contributed by atoms with Crippen LogP contribution in [-0.2, 0) is 14.8 Å². The van der Waals surface area contributed by atoms with Crippen LogP contribution in [0.4, 0.5) is 0 Å². The van der Waals surface area contributed by atoms with Gasteiger partial charge in [-0.3, -0.25) is 4.79 Å². The molecule has 0 bridgehead atoms. The van der Waals surface area contributed by atoms with E-state index < -0.39 is 10.0 Å². The second-order valence-electron chi connectivity index (χ2n) is 6.90. The third-order valence-electron chi connectivity index (χ3n) is 4.96. The highest BCUT2D eigenvalue weighted by molar-refractivity contribution is 7.89. The van der Waals surface area contributed by atoms with Crippen molar-refractivity contribution in [1.29, 1.82) is 0 Å². The number of sulfonamides is 1. The summed E-state index contributed by atoms with van der Waals surface area (Å²) in [5.41, 5.74) is 1.70. The van der Waals surface area contributed by atoms with Gasteiger partial charge in [0.2, 0.25) is 10.0 Å². The Hall–Kier alpha value is -2.22. The van der Waals surface area contributed by atoms with E-state index >= 15 is 0 Å². The highest BCUT2D eigenvalue weighted by Crippen LogP contribution is 2.19. The Bertz CT molecular complexity index is 876. The summed E-state index contributed by atoms with van der Waals surface area (Å²) in [5.74, 6) is 0.151. The fourth-order valence-electron chi connectivity index (χ4n) is 3.17. The van der Waals surface area contributed by atoms with Crippen LogP contribution in [0.3, 0.4) is 0 Å². The van der Waals surface area contributed by atoms with Crippen molar-refractivity contribution in [3.05, 3.63) is 65.7 Å². The fourth-order valence-corrected chi connectivity index (χ4v) is 4.57. The van der Waals surface area contributed by atoms with Crippen LogP contribution >= 0.6 is 0 Å². The third-order valence-corrected chi connectivity index (χ3v) is 6.87. The van der Waals surface area contributed by atoms with Crippen molar-refractivity contribution < 1.29 is 17.9 Å². The molecule has 1 heterocycles. The predicted molar refractivity (Wildman–Crippen MR) is 108 cm³/mol. The zero-order valence-electron chi connectivity index (χ0n) is 16.0. The molecular weight excluding hydrogens is 376 g/mol. The summed E-state index contributed by atoms with van der Waals surface area (Å²) >= 11 is 0. The number of hydrogen-bond acceptors (Lipinski definition) is 4. The van der Waals surface area contributed by atoms with Gasteiger partial charge >= 0.3 is 0 Å². The second-order valence-corrected chi connectivity index (χ2v) is 8.84. The number of carbonyl (C=O) groups is 1. The standard InChI is InChI=1S/C21H26N2O4S/c1-17(18-5-3-2-4-6-18)11-12-22-21(24)19-7-9-20(10-8-19)28(25,26)23-13-15-27-16-14-23/h2-10,17H,11-16H2,1H3,(H,22,24). The SMILES string of the molecule is CC(CCNC(=O)c1ccc(S(=O)(=O)N2CCOCC2)cc1)c1ccccc1. The first-order valence-electron chi connectivity index (χ1n) is 9.49. The molecule has 2 aromatic carbocycles. The van der Waals surface area contributed by atoms with E-state index in [9.17, 15) is 13.2 Å². The Labute approximate surface area is 166 Å². The summed E-state index contributed by atoms with van der Waals surface area (Å²) in [4.78, 5) is 12.5. The maximum atomic E-state index is 12.6. The molecule has 1 fully saturated rings. The van der Waals surface area contributed by atoms with E-state index in [2.05, 4.69) is 24.4 Å². The Kier molecular flexibility index (Phi) is 6.83. The number of benzene rings is 2. The fraction of sp³-hybridized carbons (Fsp3) is 0.381. The van der Waals surface area contributed by atoms with Crippen LogP contribution in [0.1, 0.15) is 35.2 Å². The van der Waals surface area contributed by atoms with Crippen molar-refractivity contribution in [2.24, 2.45) is 0 Å². The lowest BCUT2D eigenvalue weighted by Crippen LogP contribution is -2.40. The van der Waals surface area contributed by atoms with Crippen LogP contribution in [0.5, 0.6) is 0 Å². The number of ether oxygens (including phenoxy) is 1. The summed E-state index contributed by atoms with van der Waals surface area (Å²) in [6, 6.07) is 16.3. The number of amides is 1. The molecule has 7 heteroatoms. The van der Waals surface area contributed by atoms with Crippen molar-refractivity contribution in [2.75, 3.05) is 32.8 Å². The van der Waals surface area contributed by atoms with Crippen LogP contribution < -0.4 is 5.32 Å². The lowest BCUT2D eigenvalue weighted by Gasteiger charge is -2.26. The van der Waals surface area contributed by atoms with Crippen molar-refractivity contribution >= 4 is 15.9 Å². The number of hydrogen-bond donors (Lipinski definition) is 1. The van der Waals surface area contributed by atoms with Crippen LogP contribution in [0.2, 0.25) is 0 Å². The van der Waals surface area contributed by atoms with Crippen molar-refractivity contribution in [3.63, 3.8) is 0 Å². The monoisotopic (exact) mass is 402 g/mol. The quantitative estimate of drug-likeness (QED) is 0.773. The van der Waals surface area contributed by atoms with Gasteiger partial charge in [0.15, 0.2) is 0 Å². The van der Waals surface area contributed by atoms with Crippen LogP contribution in [0.15, 0.2) is 59.5 Å². The first-order chi connectivity index (χ1) is 13.5. The molecule has 28 heavy (non-hydrogen) atoms. The van der Waals surface area contributed by atoms with E-state index in [-0.39, 0.29) is 10.8 Å². The molecule has 6 nitrogen and oxygen atoms in total. The number of morpholine rings is 1. The molecule has 0 aliphatic carbocycles. The smallest absolute Gasteiger partial charge is 0.251 e. The Morgan fingerprint density at radius 3 is 2.36 bits per heavy atom. The first kappa shape index (κ1) is 20.5. The molecule has 1 aliphatic heterocycles. The zero-order chi connectivity index (χ0) is 20.0. The van der Waals surface area contributed by atoms with Crippen molar-refractivity contribution in [2.45, 2.75) is 24.2 Å². The van der Waals surface area contributed by atoms with Gasteiger partial charge in [0, 0.05) is 25.2 Å². The molecule has 1 unspecified atom stereocenters. The first-order valence-corrected chi connectivity index (χ1v) is 10.9. The summed E-state index contributed by atoms with van der Waals surface area (Å²) in [7, 11) is -3.54. The molecule has 150 valence electrons. The van der Waals surface area contributed by atoms with Gasteiger partial charge in [-0.05, 0) is 42.2 Å². The van der Waals surface area contributed by atoms with Gasteiger partial charge in [-0.25, -0.2) is 8.42 Å². The van der Waals surface area contributed by atoms with Crippen LogP contribution in [-0.4, -0.2) is 51.5 Å². The Balaban J connectivity index is 1.55. The lowest BCUT2D eigenvalue weighted by atomic mass is 9.98. The van der Waals surface area contributed by atoms with Gasteiger partial charge in [-0.1, -0.05) is 37.3 Å². The van der Waals surface area contributed by atoms with Gasteiger partial charge in [0.05, 0.1) is 18.1 Å². The molecule has 1 atom stereocenters. The Morgan fingerprint density at radius 2 is 1.71 bits per heavy atom. The number of nitrogens with one attached hydrogen (secondary N) is 1. The van der Waals surface area contributed by atoms with Gasteiger partial charge in [0.1, 0.15) is 0 Å². The molecule has 1 amide bonds. The highest BCUT2D eigenvalue weighted by atomic mass is 32.2. The summed E-state index contributed by atoms with van der Waals surface area (Å²) < 4.78 is 31.9. The topological polar surface area (TPSA) is 75.7 Å². The number of nitrogens with zero attached hydrogens (tertiary/aromatic N) is 1. The minimum atomic E-state index is -3.54. The summed E-state index contributed by atoms with van der Waals surface area (Å²) in [6.07, 6.45) is 0.833. The Morgan fingerprint density at radius 1 is 1.07 bits per heavy atom. The molecule has 1 aliphatic rings. The molecule has 0 radical (unpaired) electrons. The molecule has 0 spiro atoms. The van der Waals surface area contributed by atoms with E-state index in [1.165, 1.54) is 22.0 Å². The second kappa shape index (κ2) is 9.32. The van der Waals surface area contributed by atoms with E-state index in [1.54, 1.807) is 12.1 Å². The normalized spacial score (nSPS) is 16.5. The maximum Gasteiger partial charge on any atom is 0.251 e. The lowest BCUT2D eigenvalue weighted by molar-refractivity contribution is 0.0730. The average Bonchev–Trinajstić information content (AvgIpc) is 2.75. The molecule has 1 saturated heterocycles. The van der Waals surface area contributed by atoms with Gasteiger partial charge in [-0.2, -0.15) is 4.31 Å². The molecule has 2 aromatic rings. The van der Waals surface area contributed by atoms with Gasteiger partial charge in [-0.15, -0.1) is 0 Å². The van der Waals surface area contributed by atoms with Crippen LogP contribution in [0, 0.1) is 0 Å².